The number of hydrogen-bond donors (Lipinski definition) is 1. The van der Waals surface area contributed by atoms with Crippen molar-refractivity contribution in [2.24, 2.45) is 0 Å². The number of benzene rings is 2. The van der Waals surface area contributed by atoms with Gasteiger partial charge in [-0.25, -0.2) is 4.68 Å². The average molecular weight is 399 g/mol. The maximum absolute atomic E-state index is 13.0. The van der Waals surface area contributed by atoms with Crippen molar-refractivity contribution in [1.29, 1.82) is 0 Å². The summed E-state index contributed by atoms with van der Waals surface area (Å²) in [4.78, 5) is 17.0. The van der Waals surface area contributed by atoms with Gasteiger partial charge in [-0.05, 0) is 48.9 Å². The smallest absolute Gasteiger partial charge is 0.274 e. The second-order valence-electron chi connectivity index (χ2n) is 6.53. The molecule has 2 aromatic heterocycles. The first-order valence-electron chi connectivity index (χ1n) is 9.67. The predicted molar refractivity (Wildman–Crippen MR) is 113 cm³/mol. The summed E-state index contributed by atoms with van der Waals surface area (Å²) in [5.74, 6) is 0.510. The highest BCUT2D eigenvalue weighted by Crippen LogP contribution is 2.25. The summed E-state index contributed by atoms with van der Waals surface area (Å²) in [6.45, 7) is 2.93. The van der Waals surface area contributed by atoms with Crippen LogP contribution in [-0.2, 0) is 6.54 Å². The number of pyridine rings is 1. The van der Waals surface area contributed by atoms with E-state index in [1.807, 2.05) is 73.7 Å². The van der Waals surface area contributed by atoms with Crippen molar-refractivity contribution >= 4 is 5.91 Å². The summed E-state index contributed by atoms with van der Waals surface area (Å²) in [6.07, 6.45) is 3.36. The van der Waals surface area contributed by atoms with E-state index in [-0.39, 0.29) is 11.6 Å². The number of ether oxygens (including phenoxy) is 1. The van der Waals surface area contributed by atoms with Gasteiger partial charge < -0.3 is 10.1 Å². The van der Waals surface area contributed by atoms with Crippen LogP contribution in [0.25, 0.3) is 16.9 Å². The summed E-state index contributed by atoms with van der Waals surface area (Å²) < 4.78 is 7.12. The molecule has 0 saturated heterocycles. The van der Waals surface area contributed by atoms with Crippen LogP contribution in [0.3, 0.4) is 0 Å². The fraction of sp³-hybridized carbons (Fsp3) is 0.130. The molecule has 30 heavy (non-hydrogen) atoms. The van der Waals surface area contributed by atoms with Crippen LogP contribution in [0.4, 0.5) is 0 Å². The molecule has 0 bridgehead atoms. The van der Waals surface area contributed by atoms with Gasteiger partial charge in [0.15, 0.2) is 5.69 Å². The molecular formula is C23H21N5O2. The molecule has 2 aromatic carbocycles. The first-order chi connectivity index (χ1) is 14.8. The van der Waals surface area contributed by atoms with Crippen LogP contribution < -0.4 is 10.1 Å². The number of carbonyl (C=O) groups excluding carboxylic acids is 1. The van der Waals surface area contributed by atoms with Gasteiger partial charge in [0.1, 0.15) is 11.4 Å². The maximum Gasteiger partial charge on any atom is 0.274 e. The van der Waals surface area contributed by atoms with Gasteiger partial charge in [0.25, 0.3) is 5.91 Å². The Kier molecular flexibility index (Phi) is 5.80. The van der Waals surface area contributed by atoms with Gasteiger partial charge >= 0.3 is 0 Å². The molecule has 0 aliphatic carbocycles. The van der Waals surface area contributed by atoms with Crippen LogP contribution in [0.5, 0.6) is 5.75 Å². The third kappa shape index (κ3) is 4.20. The number of aromatic nitrogens is 4. The van der Waals surface area contributed by atoms with E-state index in [1.54, 1.807) is 17.1 Å². The summed E-state index contributed by atoms with van der Waals surface area (Å²) in [7, 11) is 0. The van der Waals surface area contributed by atoms with Gasteiger partial charge in [-0.1, -0.05) is 35.5 Å². The highest BCUT2D eigenvalue weighted by Gasteiger charge is 2.22. The Morgan fingerprint density at radius 3 is 2.43 bits per heavy atom. The van der Waals surface area contributed by atoms with Gasteiger partial charge in [-0.15, -0.1) is 5.10 Å². The minimum absolute atomic E-state index is 0.260. The number of nitrogens with zero attached hydrogens (tertiary/aromatic N) is 4. The lowest BCUT2D eigenvalue weighted by Crippen LogP contribution is -2.24. The van der Waals surface area contributed by atoms with Crippen molar-refractivity contribution in [2.45, 2.75) is 13.5 Å². The van der Waals surface area contributed by atoms with Crippen molar-refractivity contribution in [2.75, 3.05) is 6.61 Å². The fourth-order valence-electron chi connectivity index (χ4n) is 3.09. The van der Waals surface area contributed by atoms with E-state index in [9.17, 15) is 4.79 Å². The maximum atomic E-state index is 13.0. The Morgan fingerprint density at radius 2 is 1.73 bits per heavy atom. The van der Waals surface area contributed by atoms with Crippen molar-refractivity contribution in [3.63, 3.8) is 0 Å². The van der Waals surface area contributed by atoms with Gasteiger partial charge in [0.2, 0.25) is 0 Å². The molecular weight excluding hydrogens is 378 g/mol. The molecule has 0 atom stereocenters. The summed E-state index contributed by atoms with van der Waals surface area (Å²) in [5, 5.41) is 11.4. The molecule has 1 N–H and O–H groups in total. The number of amides is 1. The zero-order valence-corrected chi connectivity index (χ0v) is 16.5. The lowest BCUT2D eigenvalue weighted by molar-refractivity contribution is 0.0946. The predicted octanol–water partition coefficient (Wildman–Crippen LogP) is 3.66. The van der Waals surface area contributed by atoms with Crippen LogP contribution in [-0.4, -0.2) is 32.5 Å². The number of nitrogens with one attached hydrogen (secondary N) is 1. The van der Waals surface area contributed by atoms with Crippen LogP contribution in [0, 0.1) is 0 Å². The van der Waals surface area contributed by atoms with E-state index in [4.69, 9.17) is 4.74 Å². The van der Waals surface area contributed by atoms with E-state index in [2.05, 4.69) is 20.6 Å². The molecule has 7 heteroatoms. The minimum atomic E-state index is -0.294. The lowest BCUT2D eigenvalue weighted by atomic mass is 10.1. The molecule has 7 nitrogen and oxygen atoms in total. The van der Waals surface area contributed by atoms with Crippen molar-refractivity contribution < 1.29 is 9.53 Å². The largest absolute Gasteiger partial charge is 0.494 e. The zero-order chi connectivity index (χ0) is 20.8. The third-order valence-corrected chi connectivity index (χ3v) is 4.53. The van der Waals surface area contributed by atoms with Crippen LogP contribution >= 0.6 is 0 Å². The Labute approximate surface area is 174 Å². The Morgan fingerprint density at radius 1 is 1.00 bits per heavy atom. The van der Waals surface area contributed by atoms with Crippen LogP contribution in [0.2, 0.25) is 0 Å². The Balaban J connectivity index is 1.60. The molecule has 4 rings (SSSR count). The topological polar surface area (TPSA) is 81.9 Å². The molecule has 0 aliphatic rings. The summed E-state index contributed by atoms with van der Waals surface area (Å²) in [6, 6.07) is 20.9. The lowest BCUT2D eigenvalue weighted by Gasteiger charge is -2.09. The molecule has 2 heterocycles. The highest BCUT2D eigenvalue weighted by molar-refractivity contribution is 5.98. The van der Waals surface area contributed by atoms with E-state index in [0.717, 1.165) is 22.6 Å². The van der Waals surface area contributed by atoms with Gasteiger partial charge in [-0.2, -0.15) is 0 Å². The monoisotopic (exact) mass is 399 g/mol. The molecule has 0 aliphatic heterocycles. The Hall–Kier alpha value is -4.00. The van der Waals surface area contributed by atoms with E-state index < -0.39 is 0 Å². The van der Waals surface area contributed by atoms with Crippen molar-refractivity contribution in [3.05, 3.63) is 90.4 Å². The second kappa shape index (κ2) is 9.00. The molecule has 1 amide bonds. The number of rotatable bonds is 7. The van der Waals surface area contributed by atoms with Crippen molar-refractivity contribution in [3.8, 4) is 22.7 Å². The Bertz CT molecular complexity index is 1110. The van der Waals surface area contributed by atoms with Crippen LogP contribution in [0.15, 0.2) is 79.1 Å². The summed E-state index contributed by atoms with van der Waals surface area (Å²) in [5.41, 5.74) is 3.48. The summed E-state index contributed by atoms with van der Waals surface area (Å²) >= 11 is 0. The first-order valence-corrected chi connectivity index (χ1v) is 9.67. The molecule has 0 spiro atoms. The average Bonchev–Trinajstić information content (AvgIpc) is 3.25. The van der Waals surface area contributed by atoms with E-state index in [0.29, 0.717) is 18.8 Å². The standard InChI is InChI=1S/C23H21N5O2/c1-2-30-20-10-8-17(9-11-20)16-25-23(29)21-22(18-12-14-24-15-13-18)28(27-26-21)19-6-4-3-5-7-19/h3-15H,2,16H2,1H3,(H,25,29). The minimum Gasteiger partial charge on any atom is -0.494 e. The molecule has 4 aromatic rings. The highest BCUT2D eigenvalue weighted by atomic mass is 16.5. The van der Waals surface area contributed by atoms with Crippen LogP contribution in [0.1, 0.15) is 23.0 Å². The quantitative estimate of drug-likeness (QED) is 0.513. The third-order valence-electron chi connectivity index (χ3n) is 4.53. The number of carbonyl (C=O) groups is 1. The number of para-hydroxylation sites is 1. The normalized spacial score (nSPS) is 10.6. The van der Waals surface area contributed by atoms with E-state index in [1.165, 1.54) is 0 Å². The molecule has 0 fully saturated rings. The first kappa shape index (κ1) is 19.3. The SMILES string of the molecule is CCOc1ccc(CNC(=O)c2nnn(-c3ccccc3)c2-c2ccncc2)cc1. The zero-order valence-electron chi connectivity index (χ0n) is 16.5. The fourth-order valence-corrected chi connectivity index (χ4v) is 3.09. The molecule has 150 valence electrons. The molecule has 0 unspecified atom stereocenters. The van der Waals surface area contributed by atoms with Gasteiger partial charge in [0, 0.05) is 24.5 Å². The molecule has 0 saturated carbocycles. The van der Waals surface area contributed by atoms with E-state index >= 15 is 0 Å². The van der Waals surface area contributed by atoms with Gasteiger partial charge in [0.05, 0.1) is 12.3 Å². The van der Waals surface area contributed by atoms with Gasteiger partial charge in [-0.3, -0.25) is 9.78 Å². The second-order valence-corrected chi connectivity index (χ2v) is 6.53. The van der Waals surface area contributed by atoms with Crippen molar-refractivity contribution in [1.82, 2.24) is 25.3 Å². The number of hydrogen-bond acceptors (Lipinski definition) is 5. The molecule has 0 radical (unpaired) electrons.